The number of aliphatic carboxylic acids is 1. The van der Waals surface area contributed by atoms with Crippen molar-refractivity contribution < 1.29 is 19.8 Å². The lowest BCUT2D eigenvalue weighted by Gasteiger charge is -2.21. The van der Waals surface area contributed by atoms with Gasteiger partial charge in [0.1, 0.15) is 0 Å². The van der Waals surface area contributed by atoms with E-state index >= 15 is 0 Å². The Bertz CT molecular complexity index is 240. The fourth-order valence-corrected chi connectivity index (χ4v) is 0.941. The SMILES string of the molecule is CC(C)C(N)C(=O)NC(C(=O)O)C(C)O. The zero-order chi connectivity index (χ0) is 12.2. The van der Waals surface area contributed by atoms with Crippen LogP contribution in [0, 0.1) is 5.92 Å². The topological polar surface area (TPSA) is 113 Å². The zero-order valence-corrected chi connectivity index (χ0v) is 9.10. The largest absolute Gasteiger partial charge is 0.480 e. The summed E-state index contributed by atoms with van der Waals surface area (Å²) in [5.41, 5.74) is 5.52. The second kappa shape index (κ2) is 5.67. The van der Waals surface area contributed by atoms with Crippen LogP contribution in [0.15, 0.2) is 0 Å². The minimum Gasteiger partial charge on any atom is -0.480 e. The molecule has 6 heteroatoms. The summed E-state index contributed by atoms with van der Waals surface area (Å²) < 4.78 is 0. The van der Waals surface area contributed by atoms with Crippen molar-refractivity contribution in [1.82, 2.24) is 5.32 Å². The second-order valence-electron chi connectivity index (χ2n) is 3.83. The highest BCUT2D eigenvalue weighted by molar-refractivity contribution is 5.87. The molecule has 6 nitrogen and oxygen atoms in total. The number of carbonyl (C=O) groups is 2. The van der Waals surface area contributed by atoms with Crippen molar-refractivity contribution in [1.29, 1.82) is 0 Å². The third-order valence-electron chi connectivity index (χ3n) is 2.07. The van der Waals surface area contributed by atoms with Gasteiger partial charge < -0.3 is 21.3 Å². The summed E-state index contributed by atoms with van der Waals surface area (Å²) in [6.07, 6.45) is -1.16. The number of carboxylic acid groups (broad SMARTS) is 1. The molecule has 0 aromatic carbocycles. The number of rotatable bonds is 5. The monoisotopic (exact) mass is 218 g/mol. The van der Waals surface area contributed by atoms with Gasteiger partial charge in [0.2, 0.25) is 5.91 Å². The van der Waals surface area contributed by atoms with Crippen LogP contribution in [-0.2, 0) is 9.59 Å². The molecular weight excluding hydrogens is 200 g/mol. The van der Waals surface area contributed by atoms with Gasteiger partial charge in [0.05, 0.1) is 12.1 Å². The molecular formula is C9H18N2O4. The third-order valence-corrected chi connectivity index (χ3v) is 2.07. The molecule has 0 fully saturated rings. The molecule has 5 N–H and O–H groups in total. The van der Waals surface area contributed by atoms with Gasteiger partial charge in [-0.2, -0.15) is 0 Å². The van der Waals surface area contributed by atoms with Crippen LogP contribution in [0.5, 0.6) is 0 Å². The smallest absolute Gasteiger partial charge is 0.328 e. The Kier molecular flexibility index (Phi) is 5.24. The maximum absolute atomic E-state index is 11.4. The van der Waals surface area contributed by atoms with Crippen LogP contribution in [0.3, 0.4) is 0 Å². The van der Waals surface area contributed by atoms with Crippen molar-refractivity contribution in [2.75, 3.05) is 0 Å². The zero-order valence-electron chi connectivity index (χ0n) is 9.10. The lowest BCUT2D eigenvalue weighted by molar-refractivity contribution is -0.145. The Balaban J connectivity index is 4.43. The van der Waals surface area contributed by atoms with Gasteiger partial charge in [-0.05, 0) is 12.8 Å². The summed E-state index contributed by atoms with van der Waals surface area (Å²) in [6, 6.07) is -2.09. The molecule has 0 aromatic heterocycles. The van der Waals surface area contributed by atoms with Crippen molar-refractivity contribution in [2.24, 2.45) is 11.7 Å². The Morgan fingerprint density at radius 1 is 1.27 bits per heavy atom. The average molecular weight is 218 g/mol. The predicted molar refractivity (Wildman–Crippen MR) is 54.1 cm³/mol. The Labute approximate surface area is 88.5 Å². The van der Waals surface area contributed by atoms with Crippen molar-refractivity contribution in [3.05, 3.63) is 0 Å². The van der Waals surface area contributed by atoms with Gasteiger partial charge in [-0.1, -0.05) is 13.8 Å². The van der Waals surface area contributed by atoms with Crippen molar-refractivity contribution in [2.45, 2.75) is 39.0 Å². The summed E-state index contributed by atoms with van der Waals surface area (Å²) in [4.78, 5) is 22.0. The van der Waals surface area contributed by atoms with Crippen LogP contribution in [0.2, 0.25) is 0 Å². The van der Waals surface area contributed by atoms with Crippen LogP contribution in [0.25, 0.3) is 0 Å². The van der Waals surface area contributed by atoms with E-state index in [9.17, 15) is 9.59 Å². The number of carbonyl (C=O) groups excluding carboxylic acids is 1. The molecule has 0 aliphatic rings. The van der Waals surface area contributed by atoms with E-state index in [0.29, 0.717) is 0 Å². The van der Waals surface area contributed by atoms with Crippen LogP contribution in [0.4, 0.5) is 0 Å². The van der Waals surface area contributed by atoms with Crippen LogP contribution in [0.1, 0.15) is 20.8 Å². The minimum absolute atomic E-state index is 0.0894. The summed E-state index contributed by atoms with van der Waals surface area (Å²) in [7, 11) is 0. The molecule has 0 aliphatic heterocycles. The lowest BCUT2D eigenvalue weighted by Crippen LogP contribution is -2.53. The molecule has 0 saturated carbocycles. The lowest BCUT2D eigenvalue weighted by atomic mass is 10.0. The highest BCUT2D eigenvalue weighted by atomic mass is 16.4. The van der Waals surface area contributed by atoms with Crippen LogP contribution in [-0.4, -0.2) is 40.3 Å². The van der Waals surface area contributed by atoms with Crippen molar-refractivity contribution in [3.8, 4) is 0 Å². The standard InChI is InChI=1S/C9H18N2O4/c1-4(2)6(10)8(13)11-7(5(3)12)9(14)15/h4-7,12H,10H2,1-3H3,(H,11,13)(H,14,15). The van der Waals surface area contributed by atoms with Gasteiger partial charge in [-0.3, -0.25) is 4.79 Å². The normalized spacial score (nSPS) is 16.9. The summed E-state index contributed by atoms with van der Waals surface area (Å²) in [5, 5.41) is 20.0. The molecule has 0 rings (SSSR count). The fraction of sp³-hybridized carbons (Fsp3) is 0.778. The molecule has 0 heterocycles. The van der Waals surface area contributed by atoms with Crippen molar-refractivity contribution >= 4 is 11.9 Å². The molecule has 3 atom stereocenters. The summed E-state index contributed by atoms with van der Waals surface area (Å²) in [6.45, 7) is 4.80. The maximum atomic E-state index is 11.4. The molecule has 3 unspecified atom stereocenters. The first-order valence-corrected chi connectivity index (χ1v) is 4.74. The molecule has 0 aliphatic carbocycles. The highest BCUT2D eigenvalue weighted by Gasteiger charge is 2.27. The molecule has 0 bridgehead atoms. The first-order chi connectivity index (χ1) is 6.77. The van der Waals surface area contributed by atoms with Crippen LogP contribution < -0.4 is 11.1 Å². The number of nitrogens with one attached hydrogen (secondary N) is 1. The number of hydrogen-bond acceptors (Lipinski definition) is 4. The Morgan fingerprint density at radius 2 is 1.73 bits per heavy atom. The van der Waals surface area contributed by atoms with Gasteiger partial charge in [0.25, 0.3) is 0 Å². The molecule has 1 amide bonds. The molecule has 0 aromatic rings. The van der Waals surface area contributed by atoms with Gasteiger partial charge >= 0.3 is 5.97 Å². The minimum atomic E-state index is -1.32. The predicted octanol–water partition coefficient (Wildman–Crippen LogP) is -1.08. The molecule has 15 heavy (non-hydrogen) atoms. The van der Waals surface area contributed by atoms with E-state index in [1.54, 1.807) is 13.8 Å². The summed E-state index contributed by atoms with van der Waals surface area (Å²) in [5.74, 6) is -1.94. The van der Waals surface area contributed by atoms with E-state index in [-0.39, 0.29) is 5.92 Å². The van der Waals surface area contributed by atoms with E-state index in [1.807, 2.05) is 0 Å². The Hall–Kier alpha value is -1.14. The third kappa shape index (κ3) is 4.26. The van der Waals surface area contributed by atoms with Gasteiger partial charge in [-0.15, -0.1) is 0 Å². The van der Waals surface area contributed by atoms with Gasteiger partial charge in [-0.25, -0.2) is 4.79 Å². The fourth-order valence-electron chi connectivity index (χ4n) is 0.941. The van der Waals surface area contributed by atoms with E-state index in [4.69, 9.17) is 15.9 Å². The second-order valence-corrected chi connectivity index (χ2v) is 3.83. The quantitative estimate of drug-likeness (QED) is 0.469. The van der Waals surface area contributed by atoms with E-state index < -0.39 is 30.1 Å². The highest BCUT2D eigenvalue weighted by Crippen LogP contribution is 2.00. The molecule has 0 spiro atoms. The Morgan fingerprint density at radius 3 is 2.00 bits per heavy atom. The van der Waals surface area contributed by atoms with E-state index in [2.05, 4.69) is 5.32 Å². The average Bonchev–Trinajstić information content (AvgIpc) is 2.11. The molecule has 0 radical (unpaired) electrons. The van der Waals surface area contributed by atoms with Crippen LogP contribution >= 0.6 is 0 Å². The van der Waals surface area contributed by atoms with Crippen molar-refractivity contribution in [3.63, 3.8) is 0 Å². The number of aliphatic hydroxyl groups is 1. The van der Waals surface area contributed by atoms with E-state index in [1.165, 1.54) is 6.92 Å². The van der Waals surface area contributed by atoms with E-state index in [0.717, 1.165) is 0 Å². The number of hydrogen-bond donors (Lipinski definition) is 4. The molecule has 0 saturated heterocycles. The van der Waals surface area contributed by atoms with Gasteiger partial charge in [0.15, 0.2) is 6.04 Å². The maximum Gasteiger partial charge on any atom is 0.328 e. The molecule has 88 valence electrons. The first-order valence-electron chi connectivity index (χ1n) is 4.74. The first kappa shape index (κ1) is 13.9. The number of carboxylic acids is 1. The van der Waals surface area contributed by atoms with Gasteiger partial charge in [0, 0.05) is 0 Å². The number of nitrogens with two attached hydrogens (primary N) is 1. The summed E-state index contributed by atoms with van der Waals surface area (Å²) >= 11 is 0. The number of aliphatic hydroxyl groups excluding tert-OH is 1. The number of amides is 1.